The van der Waals surface area contributed by atoms with Gasteiger partial charge in [-0.25, -0.2) is 14.2 Å². The Morgan fingerprint density at radius 1 is 1.37 bits per heavy atom. The summed E-state index contributed by atoms with van der Waals surface area (Å²) >= 11 is 0. The molecule has 2 amide bonds. The Kier molecular flexibility index (Phi) is 4.33. The third kappa shape index (κ3) is 3.26. The van der Waals surface area contributed by atoms with Crippen LogP contribution < -0.4 is 16.0 Å². The zero-order chi connectivity index (χ0) is 18.8. The molecule has 0 saturated carbocycles. The van der Waals surface area contributed by atoms with Gasteiger partial charge in [-0.3, -0.25) is 10.4 Å². The second kappa shape index (κ2) is 6.94. The molecule has 0 saturated heterocycles. The van der Waals surface area contributed by atoms with E-state index in [2.05, 4.69) is 36.1 Å². The quantitative estimate of drug-likeness (QED) is 0.488. The van der Waals surface area contributed by atoms with Crippen LogP contribution in [0.2, 0.25) is 0 Å². The number of carbonyl (C=O) groups is 1. The van der Waals surface area contributed by atoms with Gasteiger partial charge in [0.2, 0.25) is 5.95 Å². The summed E-state index contributed by atoms with van der Waals surface area (Å²) in [6, 6.07) is 5.16. The summed E-state index contributed by atoms with van der Waals surface area (Å²) in [7, 11) is 0. The number of benzene rings is 1. The van der Waals surface area contributed by atoms with Crippen molar-refractivity contribution < 1.29 is 9.18 Å². The lowest BCUT2D eigenvalue weighted by Gasteiger charge is -2.15. The minimum atomic E-state index is -0.365. The number of carbonyl (C=O) groups excluding carboxylic acids is 1. The molecule has 2 aromatic heterocycles. The van der Waals surface area contributed by atoms with Crippen molar-refractivity contribution in [3.8, 4) is 11.3 Å². The maximum absolute atomic E-state index is 14.4. The number of hydrogen-bond acceptors (Lipinski definition) is 4. The molecule has 4 rings (SSSR count). The lowest BCUT2D eigenvalue weighted by molar-refractivity contribution is 0.252. The summed E-state index contributed by atoms with van der Waals surface area (Å²) in [6.45, 7) is 2.84. The topological polar surface area (TPSA) is 111 Å². The largest absolute Gasteiger partial charge is 0.379 e. The number of amides is 2. The van der Waals surface area contributed by atoms with E-state index in [1.54, 1.807) is 12.3 Å². The number of aromatic amines is 2. The molecule has 0 fully saturated rings. The van der Waals surface area contributed by atoms with Gasteiger partial charge < -0.3 is 15.6 Å². The van der Waals surface area contributed by atoms with Gasteiger partial charge in [-0.15, -0.1) is 0 Å². The van der Waals surface area contributed by atoms with E-state index in [1.807, 2.05) is 25.1 Å². The average Bonchev–Trinajstić information content (AvgIpc) is 3.31. The van der Waals surface area contributed by atoms with E-state index in [0.717, 1.165) is 11.3 Å². The van der Waals surface area contributed by atoms with Crippen molar-refractivity contribution in [1.29, 1.82) is 0 Å². The molecule has 3 aromatic rings. The van der Waals surface area contributed by atoms with Crippen LogP contribution in [-0.4, -0.2) is 39.3 Å². The van der Waals surface area contributed by atoms with E-state index in [0.29, 0.717) is 35.4 Å². The van der Waals surface area contributed by atoms with Crippen molar-refractivity contribution in [1.82, 2.24) is 30.8 Å². The molecular formula is C18H18FN7O. The van der Waals surface area contributed by atoms with Crippen LogP contribution in [-0.2, 0) is 0 Å². The predicted octanol–water partition coefficient (Wildman–Crippen LogP) is 2.89. The van der Waals surface area contributed by atoms with E-state index >= 15 is 0 Å². The molecule has 9 heteroatoms. The molecule has 1 aliphatic heterocycles. The van der Waals surface area contributed by atoms with Gasteiger partial charge in [-0.1, -0.05) is 6.08 Å². The summed E-state index contributed by atoms with van der Waals surface area (Å²) in [5.41, 5.74) is 3.81. The molecule has 1 aromatic carbocycles. The maximum atomic E-state index is 14.4. The van der Waals surface area contributed by atoms with Gasteiger partial charge >= 0.3 is 6.03 Å². The van der Waals surface area contributed by atoms with Gasteiger partial charge in [0.05, 0.1) is 22.4 Å². The smallest absolute Gasteiger partial charge is 0.321 e. The molecule has 0 spiro atoms. The third-order valence-corrected chi connectivity index (χ3v) is 4.14. The summed E-state index contributed by atoms with van der Waals surface area (Å²) < 4.78 is 14.4. The Labute approximate surface area is 154 Å². The molecule has 1 aliphatic rings. The number of rotatable bonds is 4. The predicted molar refractivity (Wildman–Crippen MR) is 102 cm³/mol. The molecule has 0 unspecified atom stereocenters. The van der Waals surface area contributed by atoms with Crippen LogP contribution >= 0.6 is 0 Å². The second-order valence-electron chi connectivity index (χ2n) is 5.96. The number of anilines is 1. The van der Waals surface area contributed by atoms with Gasteiger partial charge in [-0.2, -0.15) is 5.10 Å². The highest BCUT2D eigenvalue weighted by Gasteiger charge is 2.18. The van der Waals surface area contributed by atoms with E-state index in [9.17, 15) is 9.18 Å². The SMILES string of the molecule is CCNC(=O)Nc1nc2cc(-c3ccn[nH]3)cc(C3=C(F)C=CCN3)c2[nH]1. The molecule has 0 aliphatic carbocycles. The van der Waals surface area contributed by atoms with Gasteiger partial charge in [0, 0.05) is 30.4 Å². The van der Waals surface area contributed by atoms with E-state index in [-0.39, 0.29) is 17.8 Å². The highest BCUT2D eigenvalue weighted by Crippen LogP contribution is 2.32. The number of hydrogen-bond donors (Lipinski definition) is 5. The number of aromatic nitrogens is 4. The van der Waals surface area contributed by atoms with Crippen LogP contribution in [0.15, 0.2) is 42.4 Å². The number of halogens is 1. The van der Waals surface area contributed by atoms with E-state index in [4.69, 9.17) is 0 Å². The summed E-state index contributed by atoms with van der Waals surface area (Å²) in [5.74, 6) is -0.0801. The zero-order valence-corrected chi connectivity index (χ0v) is 14.6. The Morgan fingerprint density at radius 2 is 2.26 bits per heavy atom. The fourth-order valence-electron chi connectivity index (χ4n) is 2.97. The minimum Gasteiger partial charge on any atom is -0.379 e. The van der Waals surface area contributed by atoms with Crippen LogP contribution in [0.25, 0.3) is 28.0 Å². The molecule has 0 radical (unpaired) electrons. The van der Waals surface area contributed by atoms with Crippen LogP contribution in [0.4, 0.5) is 15.1 Å². The lowest BCUT2D eigenvalue weighted by atomic mass is 10.0. The van der Waals surface area contributed by atoms with Crippen LogP contribution in [0, 0.1) is 0 Å². The van der Waals surface area contributed by atoms with Crippen molar-refractivity contribution in [2.75, 3.05) is 18.4 Å². The maximum Gasteiger partial charge on any atom is 0.321 e. The van der Waals surface area contributed by atoms with Crippen molar-refractivity contribution in [3.05, 3.63) is 47.9 Å². The number of nitrogens with one attached hydrogen (secondary N) is 5. The van der Waals surface area contributed by atoms with Crippen molar-refractivity contribution in [2.45, 2.75) is 6.92 Å². The number of H-pyrrole nitrogens is 2. The Hall–Kier alpha value is -3.62. The molecule has 3 heterocycles. The van der Waals surface area contributed by atoms with Crippen LogP contribution in [0.5, 0.6) is 0 Å². The normalized spacial score (nSPS) is 13.7. The minimum absolute atomic E-state index is 0.284. The number of fused-ring (bicyclic) bond motifs is 1. The van der Waals surface area contributed by atoms with Gasteiger partial charge in [0.25, 0.3) is 0 Å². The number of imidazole rings is 1. The first-order chi connectivity index (χ1) is 13.2. The van der Waals surface area contributed by atoms with E-state index < -0.39 is 0 Å². The van der Waals surface area contributed by atoms with Crippen molar-refractivity contribution >= 4 is 28.7 Å². The number of urea groups is 1. The van der Waals surface area contributed by atoms with E-state index in [1.165, 1.54) is 6.08 Å². The third-order valence-electron chi connectivity index (χ3n) is 4.14. The standard InChI is InChI=1S/C18H18FN7O/c1-2-20-18(27)25-17-23-14-9-10(13-5-7-22-26-13)8-11(16(14)24-17)15-12(19)4-3-6-21-15/h3-5,7-9,21H,2,6H2,1H3,(H,22,26)(H3,20,23,24,25,27). The van der Waals surface area contributed by atoms with Crippen LogP contribution in [0.1, 0.15) is 12.5 Å². The first-order valence-electron chi connectivity index (χ1n) is 8.54. The monoisotopic (exact) mass is 367 g/mol. The highest BCUT2D eigenvalue weighted by molar-refractivity contribution is 5.96. The second-order valence-corrected chi connectivity index (χ2v) is 5.96. The molecule has 8 nitrogen and oxygen atoms in total. The van der Waals surface area contributed by atoms with Gasteiger partial charge in [0.1, 0.15) is 5.83 Å². The first kappa shape index (κ1) is 16.8. The average molecular weight is 367 g/mol. The molecule has 5 N–H and O–H groups in total. The number of nitrogens with zero attached hydrogens (tertiary/aromatic N) is 2. The number of dihydropyridines is 1. The molecule has 0 atom stereocenters. The van der Waals surface area contributed by atoms with Crippen molar-refractivity contribution in [2.24, 2.45) is 0 Å². The molecule has 0 bridgehead atoms. The van der Waals surface area contributed by atoms with Crippen LogP contribution in [0.3, 0.4) is 0 Å². The van der Waals surface area contributed by atoms with Gasteiger partial charge in [0.15, 0.2) is 0 Å². The lowest BCUT2D eigenvalue weighted by Crippen LogP contribution is -2.28. The van der Waals surface area contributed by atoms with Gasteiger partial charge in [-0.05, 0) is 31.2 Å². The Morgan fingerprint density at radius 3 is 3.00 bits per heavy atom. The summed E-state index contributed by atoms with van der Waals surface area (Å²) in [4.78, 5) is 19.3. The zero-order valence-electron chi connectivity index (χ0n) is 14.6. The highest BCUT2D eigenvalue weighted by atomic mass is 19.1. The Bertz CT molecular complexity index is 1050. The first-order valence-corrected chi connectivity index (χ1v) is 8.54. The fourth-order valence-corrected chi connectivity index (χ4v) is 2.97. The number of allylic oxidation sites excluding steroid dienone is 2. The molecule has 138 valence electrons. The van der Waals surface area contributed by atoms with Crippen molar-refractivity contribution in [3.63, 3.8) is 0 Å². The molecular weight excluding hydrogens is 349 g/mol. The Balaban J connectivity index is 1.86. The summed E-state index contributed by atoms with van der Waals surface area (Å²) in [5, 5.41) is 15.2. The fraction of sp³-hybridized carbons (Fsp3) is 0.167. The molecule has 27 heavy (non-hydrogen) atoms. The summed E-state index contributed by atoms with van der Waals surface area (Å²) in [6.07, 6.45) is 4.79.